The normalized spacial score (nSPS) is 15.2. The highest BCUT2D eigenvalue weighted by Gasteiger charge is 2.32. The summed E-state index contributed by atoms with van der Waals surface area (Å²) in [6, 6.07) is 3.59. The van der Waals surface area contributed by atoms with Gasteiger partial charge in [-0.05, 0) is 39.3 Å². The fourth-order valence-corrected chi connectivity index (χ4v) is 2.77. The van der Waals surface area contributed by atoms with Crippen molar-refractivity contribution >= 4 is 23.3 Å². The van der Waals surface area contributed by atoms with E-state index in [2.05, 4.69) is 10.6 Å². The molecule has 0 fully saturated rings. The van der Waals surface area contributed by atoms with Gasteiger partial charge in [0.05, 0.1) is 0 Å². The lowest BCUT2D eigenvalue weighted by molar-refractivity contribution is -0.143. The maximum absolute atomic E-state index is 11.8. The second kappa shape index (κ2) is 6.74. The number of rotatable bonds is 6. The average molecular weight is 298 g/mol. The van der Waals surface area contributed by atoms with Crippen molar-refractivity contribution in [2.45, 2.75) is 52.1 Å². The molecule has 112 valence electrons. The van der Waals surface area contributed by atoms with E-state index < -0.39 is 17.5 Å². The van der Waals surface area contributed by atoms with Gasteiger partial charge in [-0.3, -0.25) is 0 Å². The molecule has 0 saturated heterocycles. The fraction of sp³-hybridized carbons (Fsp3) is 0.571. The highest BCUT2D eigenvalue weighted by molar-refractivity contribution is 7.11. The minimum absolute atomic E-state index is 0.0528. The van der Waals surface area contributed by atoms with Crippen LogP contribution in [0, 0.1) is 6.92 Å². The van der Waals surface area contributed by atoms with E-state index in [0.29, 0.717) is 6.42 Å². The Morgan fingerprint density at radius 3 is 2.55 bits per heavy atom. The van der Waals surface area contributed by atoms with Gasteiger partial charge in [0.2, 0.25) is 0 Å². The molecule has 5 nitrogen and oxygen atoms in total. The van der Waals surface area contributed by atoms with Gasteiger partial charge in [0.15, 0.2) is 0 Å². The third-order valence-electron chi connectivity index (χ3n) is 3.25. The van der Waals surface area contributed by atoms with Crippen LogP contribution >= 0.6 is 11.3 Å². The molecule has 0 aliphatic heterocycles. The Morgan fingerprint density at radius 1 is 1.45 bits per heavy atom. The number of carboxylic acid groups (broad SMARTS) is 1. The van der Waals surface area contributed by atoms with E-state index in [4.69, 9.17) is 5.11 Å². The lowest BCUT2D eigenvalue weighted by Gasteiger charge is -2.25. The number of hydrogen-bond donors (Lipinski definition) is 3. The molecule has 0 radical (unpaired) electrons. The van der Waals surface area contributed by atoms with Crippen LogP contribution in [0.2, 0.25) is 0 Å². The molecule has 1 aromatic heterocycles. The second-order valence-electron chi connectivity index (χ2n) is 5.21. The zero-order chi connectivity index (χ0) is 15.3. The molecule has 0 bridgehead atoms. The number of nitrogens with one attached hydrogen (secondary N) is 2. The summed E-state index contributed by atoms with van der Waals surface area (Å²) in [4.78, 5) is 25.4. The molecule has 0 aromatic carbocycles. The number of carboxylic acids is 1. The number of amides is 2. The van der Waals surface area contributed by atoms with Gasteiger partial charge in [0.1, 0.15) is 5.54 Å². The summed E-state index contributed by atoms with van der Waals surface area (Å²) in [5, 5.41) is 14.4. The molecule has 2 atom stereocenters. The smallest absolute Gasteiger partial charge is 0.329 e. The number of carbonyl (C=O) groups is 2. The van der Waals surface area contributed by atoms with Crippen molar-refractivity contribution in [2.75, 3.05) is 0 Å². The minimum atomic E-state index is -1.23. The van der Waals surface area contributed by atoms with Crippen molar-refractivity contribution in [1.82, 2.24) is 10.6 Å². The number of hydrogen-bond acceptors (Lipinski definition) is 3. The van der Waals surface area contributed by atoms with Gasteiger partial charge in [-0.25, -0.2) is 9.59 Å². The van der Waals surface area contributed by atoms with Crippen LogP contribution in [0.15, 0.2) is 12.1 Å². The standard InChI is InChI=1S/C14H22N2O3S/c1-5-14(4,12(17)18)16-13(19)15-9(2)8-11-7-6-10(3)20-11/h6-7,9H,5,8H2,1-4H3,(H,17,18)(H2,15,16,19). The molecule has 3 N–H and O–H groups in total. The van der Waals surface area contributed by atoms with Gasteiger partial charge in [0, 0.05) is 22.2 Å². The molecule has 2 unspecified atom stereocenters. The molecule has 0 aliphatic rings. The summed E-state index contributed by atoms with van der Waals surface area (Å²) in [5.74, 6) is -1.03. The summed E-state index contributed by atoms with van der Waals surface area (Å²) in [5.41, 5.74) is -1.23. The average Bonchev–Trinajstić information content (AvgIpc) is 2.73. The van der Waals surface area contributed by atoms with Crippen LogP contribution in [-0.4, -0.2) is 28.7 Å². The Balaban J connectivity index is 2.51. The van der Waals surface area contributed by atoms with E-state index in [1.807, 2.05) is 26.0 Å². The minimum Gasteiger partial charge on any atom is -0.480 e. The lowest BCUT2D eigenvalue weighted by atomic mass is 10.00. The van der Waals surface area contributed by atoms with Gasteiger partial charge < -0.3 is 15.7 Å². The van der Waals surface area contributed by atoms with Crippen molar-refractivity contribution in [3.05, 3.63) is 21.9 Å². The number of urea groups is 1. The van der Waals surface area contributed by atoms with Crippen LogP contribution in [0.1, 0.15) is 36.9 Å². The third kappa shape index (κ3) is 4.52. The van der Waals surface area contributed by atoms with Crippen LogP contribution in [0.5, 0.6) is 0 Å². The van der Waals surface area contributed by atoms with Crippen molar-refractivity contribution in [3.63, 3.8) is 0 Å². The molecular weight excluding hydrogens is 276 g/mol. The number of aryl methyl sites for hydroxylation is 1. The van der Waals surface area contributed by atoms with E-state index in [-0.39, 0.29) is 6.04 Å². The molecule has 1 rings (SSSR count). The van der Waals surface area contributed by atoms with Gasteiger partial charge in [0.25, 0.3) is 0 Å². The summed E-state index contributed by atoms with van der Waals surface area (Å²) in [6.45, 7) is 7.17. The summed E-state index contributed by atoms with van der Waals surface area (Å²) in [6.07, 6.45) is 1.07. The molecule has 20 heavy (non-hydrogen) atoms. The van der Waals surface area contributed by atoms with E-state index in [1.165, 1.54) is 16.7 Å². The summed E-state index contributed by atoms with van der Waals surface area (Å²) < 4.78 is 0. The molecule has 1 aromatic rings. The molecule has 2 amide bonds. The summed E-state index contributed by atoms with van der Waals surface area (Å²) in [7, 11) is 0. The maximum Gasteiger partial charge on any atom is 0.329 e. The number of aliphatic carboxylic acids is 1. The Bertz CT molecular complexity index is 487. The van der Waals surface area contributed by atoms with E-state index >= 15 is 0 Å². The SMILES string of the molecule is CCC(C)(NC(=O)NC(C)Cc1ccc(C)s1)C(=O)O. The van der Waals surface area contributed by atoms with Crippen LogP contribution in [0.25, 0.3) is 0 Å². The maximum atomic E-state index is 11.8. The predicted octanol–water partition coefficient (Wildman–Crippen LogP) is 2.54. The Kier molecular flexibility index (Phi) is 5.56. The monoisotopic (exact) mass is 298 g/mol. The zero-order valence-electron chi connectivity index (χ0n) is 12.3. The van der Waals surface area contributed by atoms with E-state index in [1.54, 1.807) is 18.3 Å². The van der Waals surface area contributed by atoms with Crippen LogP contribution in [0.4, 0.5) is 4.79 Å². The predicted molar refractivity (Wildman–Crippen MR) is 80.2 cm³/mol. The van der Waals surface area contributed by atoms with Gasteiger partial charge in [-0.1, -0.05) is 6.92 Å². The van der Waals surface area contributed by atoms with E-state index in [9.17, 15) is 9.59 Å². The first-order valence-corrected chi connectivity index (χ1v) is 7.46. The van der Waals surface area contributed by atoms with Crippen molar-refractivity contribution in [3.8, 4) is 0 Å². The van der Waals surface area contributed by atoms with Gasteiger partial charge in [-0.15, -0.1) is 11.3 Å². The second-order valence-corrected chi connectivity index (χ2v) is 6.58. The molecule has 1 heterocycles. The van der Waals surface area contributed by atoms with Crippen LogP contribution < -0.4 is 10.6 Å². The third-order valence-corrected chi connectivity index (χ3v) is 4.27. The highest BCUT2D eigenvalue weighted by atomic mass is 32.1. The Hall–Kier alpha value is -1.56. The first-order valence-electron chi connectivity index (χ1n) is 6.64. The summed E-state index contributed by atoms with van der Waals surface area (Å²) >= 11 is 1.70. The molecule has 0 saturated carbocycles. The van der Waals surface area contributed by atoms with Crippen molar-refractivity contribution < 1.29 is 14.7 Å². The van der Waals surface area contributed by atoms with Gasteiger partial charge >= 0.3 is 12.0 Å². The molecule has 6 heteroatoms. The van der Waals surface area contributed by atoms with Crippen LogP contribution in [-0.2, 0) is 11.2 Å². The quantitative estimate of drug-likeness (QED) is 0.755. The number of thiophene rings is 1. The Morgan fingerprint density at radius 2 is 2.10 bits per heavy atom. The molecule has 0 spiro atoms. The van der Waals surface area contributed by atoms with Crippen molar-refractivity contribution in [1.29, 1.82) is 0 Å². The number of carbonyl (C=O) groups excluding carboxylic acids is 1. The fourth-order valence-electron chi connectivity index (χ4n) is 1.75. The zero-order valence-corrected chi connectivity index (χ0v) is 13.1. The van der Waals surface area contributed by atoms with Crippen LogP contribution in [0.3, 0.4) is 0 Å². The molecular formula is C14H22N2O3S. The van der Waals surface area contributed by atoms with E-state index in [0.717, 1.165) is 6.42 Å². The highest BCUT2D eigenvalue weighted by Crippen LogP contribution is 2.16. The first kappa shape index (κ1) is 16.5. The first-order chi connectivity index (χ1) is 9.26. The Labute approximate surface area is 123 Å². The topological polar surface area (TPSA) is 78.4 Å². The lowest BCUT2D eigenvalue weighted by Crippen LogP contribution is -2.56. The van der Waals surface area contributed by atoms with Crippen molar-refractivity contribution in [2.24, 2.45) is 0 Å². The largest absolute Gasteiger partial charge is 0.480 e. The van der Waals surface area contributed by atoms with Gasteiger partial charge in [-0.2, -0.15) is 0 Å². The molecule has 0 aliphatic carbocycles.